The molecule has 0 bridgehead atoms. The van der Waals surface area contributed by atoms with Crippen LogP contribution < -0.4 is 17.2 Å². The number of H-pyrrole nitrogens is 1. The Morgan fingerprint density at radius 2 is 2.19 bits per heavy atom. The number of fused-ring (bicyclic) bond motifs is 1. The smallest absolute Gasteiger partial charge is 0.326 e. The van der Waals surface area contributed by atoms with Gasteiger partial charge in [-0.05, 0) is 17.7 Å². The van der Waals surface area contributed by atoms with Gasteiger partial charge in [-0.3, -0.25) is 9.36 Å². The molecule has 1 aromatic heterocycles. The van der Waals surface area contributed by atoms with E-state index in [1.165, 1.54) is 4.57 Å². The monoisotopic (exact) mass is 220 g/mol. The van der Waals surface area contributed by atoms with Crippen molar-refractivity contribution in [2.75, 3.05) is 0 Å². The second kappa shape index (κ2) is 3.82. The number of primary amides is 1. The van der Waals surface area contributed by atoms with E-state index < -0.39 is 5.91 Å². The zero-order valence-corrected chi connectivity index (χ0v) is 8.56. The van der Waals surface area contributed by atoms with Crippen molar-refractivity contribution in [1.29, 1.82) is 0 Å². The molecule has 0 fully saturated rings. The van der Waals surface area contributed by atoms with Crippen LogP contribution in [0, 0.1) is 0 Å². The van der Waals surface area contributed by atoms with E-state index in [9.17, 15) is 9.59 Å². The van der Waals surface area contributed by atoms with Gasteiger partial charge in [-0.2, -0.15) is 0 Å². The Labute approximate surface area is 90.8 Å². The average molecular weight is 220 g/mol. The zero-order valence-electron chi connectivity index (χ0n) is 8.56. The zero-order chi connectivity index (χ0) is 11.7. The molecule has 0 aliphatic heterocycles. The number of aromatic nitrogens is 2. The molecule has 0 unspecified atom stereocenters. The Kier molecular flexibility index (Phi) is 2.49. The molecule has 84 valence electrons. The fourth-order valence-corrected chi connectivity index (χ4v) is 1.65. The lowest BCUT2D eigenvalue weighted by atomic mass is 10.2. The topological polar surface area (TPSA) is 107 Å². The van der Waals surface area contributed by atoms with Gasteiger partial charge in [-0.25, -0.2) is 4.79 Å². The molecule has 0 saturated heterocycles. The minimum absolute atomic E-state index is 0.124. The highest BCUT2D eigenvalue weighted by Gasteiger charge is 2.08. The van der Waals surface area contributed by atoms with Crippen LogP contribution in [0.2, 0.25) is 0 Å². The highest BCUT2D eigenvalue weighted by atomic mass is 16.2. The summed E-state index contributed by atoms with van der Waals surface area (Å²) in [4.78, 5) is 25.0. The van der Waals surface area contributed by atoms with Crippen molar-refractivity contribution in [3.8, 4) is 0 Å². The van der Waals surface area contributed by atoms with Gasteiger partial charge in [0.2, 0.25) is 5.91 Å². The summed E-state index contributed by atoms with van der Waals surface area (Å²) in [5.74, 6) is -0.550. The Morgan fingerprint density at radius 1 is 1.44 bits per heavy atom. The number of amides is 1. The lowest BCUT2D eigenvalue weighted by Gasteiger charge is -2.00. The predicted octanol–water partition coefficient (Wildman–Crippen LogP) is -0.726. The molecule has 1 heterocycles. The normalized spacial score (nSPS) is 10.8. The molecule has 0 aliphatic rings. The number of carbonyl (C=O) groups is 1. The quantitative estimate of drug-likeness (QED) is 0.634. The van der Waals surface area contributed by atoms with Crippen LogP contribution >= 0.6 is 0 Å². The molecule has 0 saturated carbocycles. The third-order valence-electron chi connectivity index (χ3n) is 2.39. The lowest BCUT2D eigenvalue weighted by Crippen LogP contribution is -2.26. The number of rotatable bonds is 3. The number of aromatic amines is 1. The summed E-state index contributed by atoms with van der Waals surface area (Å²) in [6.45, 7) is 0.278. The summed E-state index contributed by atoms with van der Waals surface area (Å²) in [6.07, 6.45) is 0. The summed E-state index contributed by atoms with van der Waals surface area (Å²) in [5, 5.41) is 0. The van der Waals surface area contributed by atoms with Crippen LogP contribution in [-0.4, -0.2) is 15.5 Å². The minimum Gasteiger partial charge on any atom is -0.368 e. The van der Waals surface area contributed by atoms with E-state index in [0.29, 0.717) is 17.6 Å². The van der Waals surface area contributed by atoms with Gasteiger partial charge in [-0.15, -0.1) is 0 Å². The molecule has 6 heteroatoms. The van der Waals surface area contributed by atoms with Gasteiger partial charge in [-0.1, -0.05) is 6.07 Å². The molecule has 1 amide bonds. The molecule has 0 radical (unpaired) electrons. The minimum atomic E-state index is -0.550. The predicted molar refractivity (Wildman–Crippen MR) is 59.6 cm³/mol. The first-order valence-corrected chi connectivity index (χ1v) is 4.81. The van der Waals surface area contributed by atoms with Gasteiger partial charge >= 0.3 is 5.69 Å². The Morgan fingerprint density at radius 3 is 2.81 bits per heavy atom. The maximum atomic E-state index is 11.5. The van der Waals surface area contributed by atoms with Crippen molar-refractivity contribution in [3.63, 3.8) is 0 Å². The van der Waals surface area contributed by atoms with Crippen molar-refractivity contribution in [1.82, 2.24) is 9.55 Å². The van der Waals surface area contributed by atoms with Gasteiger partial charge in [0, 0.05) is 6.54 Å². The second-order valence-corrected chi connectivity index (χ2v) is 3.54. The maximum Gasteiger partial charge on any atom is 0.326 e. The van der Waals surface area contributed by atoms with Gasteiger partial charge in [0.1, 0.15) is 6.54 Å². The van der Waals surface area contributed by atoms with E-state index in [1.54, 1.807) is 12.1 Å². The number of imidazole rings is 1. The van der Waals surface area contributed by atoms with Crippen LogP contribution in [0.3, 0.4) is 0 Å². The number of nitrogens with two attached hydrogens (primary N) is 2. The number of carbonyl (C=O) groups excluding carboxylic acids is 1. The second-order valence-electron chi connectivity index (χ2n) is 3.54. The Hall–Kier alpha value is -2.08. The van der Waals surface area contributed by atoms with E-state index >= 15 is 0 Å². The van der Waals surface area contributed by atoms with Gasteiger partial charge < -0.3 is 16.5 Å². The molecule has 6 nitrogen and oxygen atoms in total. The molecule has 0 atom stereocenters. The highest BCUT2D eigenvalue weighted by Crippen LogP contribution is 2.12. The summed E-state index contributed by atoms with van der Waals surface area (Å²) in [6, 6.07) is 5.35. The molecule has 5 N–H and O–H groups in total. The van der Waals surface area contributed by atoms with Gasteiger partial charge in [0.25, 0.3) is 0 Å². The number of nitrogens with one attached hydrogen (secondary N) is 1. The molecule has 2 aromatic rings. The van der Waals surface area contributed by atoms with Crippen LogP contribution in [0.5, 0.6) is 0 Å². The molecule has 2 rings (SSSR count). The van der Waals surface area contributed by atoms with Crippen molar-refractivity contribution < 1.29 is 4.79 Å². The lowest BCUT2D eigenvalue weighted by molar-refractivity contribution is -0.118. The third-order valence-corrected chi connectivity index (χ3v) is 2.39. The summed E-state index contributed by atoms with van der Waals surface area (Å²) < 4.78 is 1.30. The first-order valence-electron chi connectivity index (χ1n) is 4.81. The molecule has 0 spiro atoms. The SMILES string of the molecule is NCc1ccc2c(c1)[nH]c(=O)n2CC(N)=O. The van der Waals surface area contributed by atoms with Gasteiger partial charge in [0.15, 0.2) is 0 Å². The third kappa shape index (κ3) is 1.70. The van der Waals surface area contributed by atoms with E-state index in [4.69, 9.17) is 11.5 Å². The van der Waals surface area contributed by atoms with Crippen molar-refractivity contribution in [3.05, 3.63) is 34.2 Å². The van der Waals surface area contributed by atoms with Crippen LogP contribution in [0.1, 0.15) is 5.56 Å². The standard InChI is InChI=1S/C10H12N4O2/c11-4-6-1-2-8-7(3-6)13-10(16)14(8)5-9(12)15/h1-3H,4-5,11H2,(H2,12,15)(H,13,16). The fraction of sp³-hybridized carbons (Fsp3) is 0.200. The molecule has 0 aliphatic carbocycles. The molecule has 1 aromatic carbocycles. The summed E-state index contributed by atoms with van der Waals surface area (Å²) in [7, 11) is 0. The molecule has 16 heavy (non-hydrogen) atoms. The van der Waals surface area contributed by atoms with Crippen molar-refractivity contribution in [2.45, 2.75) is 13.1 Å². The van der Waals surface area contributed by atoms with E-state index in [0.717, 1.165) is 5.56 Å². The van der Waals surface area contributed by atoms with Crippen LogP contribution in [0.15, 0.2) is 23.0 Å². The largest absolute Gasteiger partial charge is 0.368 e. The Bertz CT molecular complexity index is 596. The number of hydrogen-bond acceptors (Lipinski definition) is 3. The fourth-order valence-electron chi connectivity index (χ4n) is 1.65. The average Bonchev–Trinajstić information content (AvgIpc) is 2.54. The van der Waals surface area contributed by atoms with E-state index in [2.05, 4.69) is 4.98 Å². The van der Waals surface area contributed by atoms with Crippen molar-refractivity contribution in [2.24, 2.45) is 11.5 Å². The van der Waals surface area contributed by atoms with E-state index in [1.807, 2.05) is 6.07 Å². The number of benzene rings is 1. The first-order chi connectivity index (χ1) is 7.61. The van der Waals surface area contributed by atoms with Crippen LogP contribution in [0.25, 0.3) is 11.0 Å². The van der Waals surface area contributed by atoms with Gasteiger partial charge in [0.05, 0.1) is 11.0 Å². The van der Waals surface area contributed by atoms with Crippen molar-refractivity contribution >= 4 is 16.9 Å². The molecular weight excluding hydrogens is 208 g/mol. The van der Waals surface area contributed by atoms with E-state index in [-0.39, 0.29) is 12.2 Å². The maximum absolute atomic E-state index is 11.5. The number of hydrogen-bond donors (Lipinski definition) is 3. The Balaban J connectivity index is 2.62. The summed E-state index contributed by atoms with van der Waals surface area (Å²) >= 11 is 0. The summed E-state index contributed by atoms with van der Waals surface area (Å²) in [5.41, 5.74) is 12.4. The van der Waals surface area contributed by atoms with Crippen LogP contribution in [0.4, 0.5) is 0 Å². The highest BCUT2D eigenvalue weighted by molar-refractivity contribution is 5.80. The first kappa shape index (κ1) is 10.4. The van der Waals surface area contributed by atoms with Crippen LogP contribution in [-0.2, 0) is 17.9 Å². The number of nitrogens with zero attached hydrogens (tertiary/aromatic N) is 1. The molecular formula is C10H12N4O2.